The van der Waals surface area contributed by atoms with Crippen molar-refractivity contribution in [3.8, 4) is 0 Å². The number of aliphatic hydroxyl groups is 1. The van der Waals surface area contributed by atoms with Gasteiger partial charge < -0.3 is 9.67 Å². The summed E-state index contributed by atoms with van der Waals surface area (Å²) in [6.45, 7) is 2.51. The first-order chi connectivity index (χ1) is 7.81. The van der Waals surface area contributed by atoms with Gasteiger partial charge in [0, 0.05) is 43.5 Å². The largest absolute Gasteiger partial charge is 0.390 e. The Labute approximate surface area is 92.9 Å². The molecule has 2 atom stereocenters. The third-order valence-electron chi connectivity index (χ3n) is 2.82. The van der Waals surface area contributed by atoms with Gasteiger partial charge >= 0.3 is 0 Å². The highest BCUT2D eigenvalue weighted by atomic mass is 16.3. The third kappa shape index (κ3) is 2.33. The summed E-state index contributed by atoms with van der Waals surface area (Å²) in [6.07, 6.45) is 4.88. The Kier molecular flexibility index (Phi) is 3.40. The quantitative estimate of drug-likeness (QED) is 0.454. The highest BCUT2D eigenvalue weighted by Gasteiger charge is 2.31. The average Bonchev–Trinajstić information content (AvgIpc) is 2.87. The first-order valence-corrected chi connectivity index (χ1v) is 5.20. The Morgan fingerprint density at radius 1 is 1.56 bits per heavy atom. The summed E-state index contributed by atoms with van der Waals surface area (Å²) in [7, 11) is 0. The maximum atomic E-state index is 9.89. The minimum Gasteiger partial charge on any atom is -0.390 e. The van der Waals surface area contributed by atoms with Crippen LogP contribution in [0.15, 0.2) is 23.8 Å². The van der Waals surface area contributed by atoms with E-state index in [4.69, 9.17) is 5.53 Å². The van der Waals surface area contributed by atoms with Crippen molar-refractivity contribution in [2.45, 2.75) is 12.1 Å². The Balaban J connectivity index is 1.91. The van der Waals surface area contributed by atoms with Crippen LogP contribution in [-0.2, 0) is 0 Å². The number of β-amino-alcohol motifs (C(OH)–C–C–N with tert-alkyl or cyclic N) is 1. The number of rotatable bonds is 4. The van der Waals surface area contributed by atoms with Crippen molar-refractivity contribution in [3.63, 3.8) is 0 Å². The molecule has 2 rings (SSSR count). The van der Waals surface area contributed by atoms with Crippen LogP contribution >= 0.6 is 0 Å². The summed E-state index contributed by atoms with van der Waals surface area (Å²) in [5, 5.41) is 13.4. The van der Waals surface area contributed by atoms with Gasteiger partial charge in [-0.25, -0.2) is 4.98 Å². The number of aromatic nitrogens is 2. The lowest BCUT2D eigenvalue weighted by Crippen LogP contribution is -2.24. The summed E-state index contributed by atoms with van der Waals surface area (Å²) >= 11 is 0. The number of azide groups is 1. The van der Waals surface area contributed by atoms with Gasteiger partial charge in [-0.1, -0.05) is 5.11 Å². The number of hydrogen-bond acceptors (Lipinski definition) is 4. The fourth-order valence-corrected chi connectivity index (χ4v) is 2.02. The van der Waals surface area contributed by atoms with Gasteiger partial charge in [0.05, 0.1) is 18.5 Å². The first-order valence-electron chi connectivity index (χ1n) is 5.20. The molecule has 0 unspecified atom stereocenters. The maximum Gasteiger partial charge on any atom is 0.0949 e. The molecule has 1 aliphatic heterocycles. The van der Waals surface area contributed by atoms with Crippen LogP contribution in [0.5, 0.6) is 0 Å². The van der Waals surface area contributed by atoms with Crippen LogP contribution in [-0.4, -0.2) is 51.8 Å². The monoisotopic (exact) mass is 222 g/mol. The molecule has 16 heavy (non-hydrogen) atoms. The van der Waals surface area contributed by atoms with Crippen LogP contribution in [0.4, 0.5) is 0 Å². The lowest BCUT2D eigenvalue weighted by Gasteiger charge is -2.15. The van der Waals surface area contributed by atoms with Gasteiger partial charge in [-0.05, 0) is 5.53 Å². The van der Waals surface area contributed by atoms with E-state index >= 15 is 0 Å². The Bertz CT molecular complexity index is 371. The Morgan fingerprint density at radius 3 is 3.12 bits per heavy atom. The molecule has 0 saturated carbocycles. The zero-order valence-corrected chi connectivity index (χ0v) is 8.85. The standard InChI is InChI=1S/C9H14N6O/c10-13-12-2-3-14-5-8(9(16)6-14)15-4-1-11-7-15/h1,4,7-9,16H,2-3,5-6H2/t8-,9+/m0/s1. The molecular formula is C9H14N6O. The lowest BCUT2D eigenvalue weighted by molar-refractivity contribution is 0.144. The Hall–Kier alpha value is -1.56. The molecule has 7 nitrogen and oxygen atoms in total. The molecular weight excluding hydrogens is 208 g/mol. The fraction of sp³-hybridized carbons (Fsp3) is 0.667. The molecule has 1 fully saturated rings. The van der Waals surface area contributed by atoms with Crippen molar-refractivity contribution in [2.75, 3.05) is 26.2 Å². The van der Waals surface area contributed by atoms with Crippen LogP contribution in [0.2, 0.25) is 0 Å². The molecule has 86 valence electrons. The minimum absolute atomic E-state index is 0.0496. The van der Waals surface area contributed by atoms with Crippen molar-refractivity contribution in [1.82, 2.24) is 14.5 Å². The lowest BCUT2D eigenvalue weighted by atomic mass is 10.2. The Morgan fingerprint density at radius 2 is 2.44 bits per heavy atom. The van der Waals surface area contributed by atoms with Crippen LogP contribution < -0.4 is 0 Å². The number of hydrogen-bond donors (Lipinski definition) is 1. The number of imidazole rings is 1. The van der Waals surface area contributed by atoms with Gasteiger partial charge in [0.1, 0.15) is 0 Å². The molecule has 1 saturated heterocycles. The van der Waals surface area contributed by atoms with E-state index in [-0.39, 0.29) is 12.1 Å². The van der Waals surface area contributed by atoms with E-state index in [2.05, 4.69) is 19.9 Å². The number of nitrogens with zero attached hydrogens (tertiary/aromatic N) is 6. The van der Waals surface area contributed by atoms with Gasteiger partial charge in [-0.3, -0.25) is 4.90 Å². The fourth-order valence-electron chi connectivity index (χ4n) is 2.02. The van der Waals surface area contributed by atoms with E-state index < -0.39 is 0 Å². The van der Waals surface area contributed by atoms with Crippen LogP contribution in [0, 0.1) is 0 Å². The maximum absolute atomic E-state index is 9.89. The van der Waals surface area contributed by atoms with Crippen LogP contribution in [0.25, 0.3) is 10.4 Å². The van der Waals surface area contributed by atoms with Gasteiger partial charge in [0.25, 0.3) is 0 Å². The normalized spacial score (nSPS) is 25.6. The van der Waals surface area contributed by atoms with E-state index in [1.807, 2.05) is 10.8 Å². The minimum atomic E-state index is -0.389. The van der Waals surface area contributed by atoms with Gasteiger partial charge in [-0.2, -0.15) is 0 Å². The summed E-state index contributed by atoms with van der Waals surface area (Å²) in [5.41, 5.74) is 8.17. The van der Waals surface area contributed by atoms with Crippen molar-refractivity contribution in [3.05, 3.63) is 29.2 Å². The first kappa shape index (κ1) is 10.9. The summed E-state index contributed by atoms with van der Waals surface area (Å²) in [4.78, 5) is 8.76. The molecule has 1 aliphatic rings. The SMILES string of the molecule is [N-]=[N+]=NCCN1C[C@@H](O)[C@@H](n2ccnc2)C1. The predicted octanol–water partition coefficient (Wildman–Crippen LogP) is 0.411. The molecule has 0 radical (unpaired) electrons. The number of likely N-dealkylation sites (tertiary alicyclic amines) is 1. The van der Waals surface area contributed by atoms with Gasteiger partial charge in [0.2, 0.25) is 0 Å². The topological polar surface area (TPSA) is 90.0 Å². The van der Waals surface area contributed by atoms with E-state index in [1.54, 1.807) is 12.5 Å². The summed E-state index contributed by atoms with van der Waals surface area (Å²) < 4.78 is 1.91. The van der Waals surface area contributed by atoms with Gasteiger partial charge in [0.15, 0.2) is 0 Å². The molecule has 0 aliphatic carbocycles. The highest BCUT2D eigenvalue weighted by molar-refractivity contribution is 4.92. The molecule has 7 heteroatoms. The highest BCUT2D eigenvalue weighted by Crippen LogP contribution is 2.21. The molecule has 0 aromatic carbocycles. The van der Waals surface area contributed by atoms with E-state index in [0.29, 0.717) is 19.6 Å². The second-order valence-corrected chi connectivity index (χ2v) is 3.86. The van der Waals surface area contributed by atoms with Crippen molar-refractivity contribution >= 4 is 0 Å². The van der Waals surface area contributed by atoms with Crippen LogP contribution in [0.1, 0.15) is 6.04 Å². The zero-order valence-electron chi connectivity index (χ0n) is 8.85. The number of aliphatic hydroxyl groups excluding tert-OH is 1. The van der Waals surface area contributed by atoms with E-state index in [0.717, 1.165) is 6.54 Å². The average molecular weight is 222 g/mol. The van der Waals surface area contributed by atoms with Crippen molar-refractivity contribution in [2.24, 2.45) is 5.11 Å². The summed E-state index contributed by atoms with van der Waals surface area (Å²) in [5.74, 6) is 0. The van der Waals surface area contributed by atoms with E-state index in [9.17, 15) is 5.11 Å². The predicted molar refractivity (Wildman–Crippen MR) is 57.7 cm³/mol. The third-order valence-corrected chi connectivity index (χ3v) is 2.82. The van der Waals surface area contributed by atoms with Gasteiger partial charge in [-0.15, -0.1) is 0 Å². The smallest absolute Gasteiger partial charge is 0.0949 e. The molecule has 0 bridgehead atoms. The molecule has 0 amide bonds. The van der Waals surface area contributed by atoms with Crippen LogP contribution in [0.3, 0.4) is 0 Å². The second-order valence-electron chi connectivity index (χ2n) is 3.86. The molecule has 2 heterocycles. The van der Waals surface area contributed by atoms with Crippen molar-refractivity contribution < 1.29 is 5.11 Å². The summed E-state index contributed by atoms with van der Waals surface area (Å²) in [6, 6.07) is 0.0496. The molecule has 1 aromatic heterocycles. The second kappa shape index (κ2) is 4.98. The van der Waals surface area contributed by atoms with Crippen molar-refractivity contribution in [1.29, 1.82) is 0 Å². The molecule has 1 N–H and O–H groups in total. The van der Waals surface area contributed by atoms with E-state index in [1.165, 1.54) is 0 Å². The zero-order chi connectivity index (χ0) is 11.4. The molecule has 0 spiro atoms. The molecule has 1 aromatic rings.